The molecule has 2 unspecified atom stereocenters. The molecule has 3 nitrogen and oxygen atoms in total. The van der Waals surface area contributed by atoms with Crippen molar-refractivity contribution >= 4 is 5.91 Å². The molecule has 106 valence electrons. The normalized spacial score (nSPS) is 25.2. The maximum Gasteiger partial charge on any atom is 0.234 e. The molecule has 1 aliphatic rings. The summed E-state index contributed by atoms with van der Waals surface area (Å²) >= 11 is 0. The molecule has 0 heterocycles. The quantitative estimate of drug-likeness (QED) is 0.810. The molecule has 0 bridgehead atoms. The van der Waals surface area contributed by atoms with Crippen LogP contribution in [0.4, 0.5) is 0 Å². The van der Waals surface area contributed by atoms with E-state index in [1.807, 2.05) is 0 Å². The Balaban J connectivity index is 2.41. The highest BCUT2D eigenvalue weighted by atomic mass is 16.2. The summed E-state index contributed by atoms with van der Waals surface area (Å²) < 4.78 is 0. The summed E-state index contributed by atoms with van der Waals surface area (Å²) in [5, 5.41) is 6.46. The predicted octanol–water partition coefficient (Wildman–Crippen LogP) is 2.71. The van der Waals surface area contributed by atoms with Gasteiger partial charge in [0.2, 0.25) is 5.91 Å². The molecule has 0 radical (unpaired) electrons. The van der Waals surface area contributed by atoms with Gasteiger partial charge in [0.1, 0.15) is 0 Å². The molecular weight excluding hydrogens is 224 g/mol. The summed E-state index contributed by atoms with van der Waals surface area (Å²) in [6, 6.07) is 0.382. The van der Waals surface area contributed by atoms with Gasteiger partial charge in [0.05, 0.1) is 6.54 Å². The summed E-state index contributed by atoms with van der Waals surface area (Å²) in [4.78, 5) is 12.0. The van der Waals surface area contributed by atoms with Gasteiger partial charge in [-0.05, 0) is 45.4 Å². The van der Waals surface area contributed by atoms with Crippen LogP contribution in [0.3, 0.4) is 0 Å². The van der Waals surface area contributed by atoms with E-state index >= 15 is 0 Å². The van der Waals surface area contributed by atoms with E-state index < -0.39 is 0 Å². The first-order chi connectivity index (χ1) is 8.29. The lowest BCUT2D eigenvalue weighted by Crippen LogP contribution is -2.49. The van der Waals surface area contributed by atoms with Gasteiger partial charge in [0.15, 0.2) is 0 Å². The Bertz CT molecular complexity index is 268. The number of amides is 1. The fourth-order valence-corrected chi connectivity index (χ4v) is 2.74. The van der Waals surface area contributed by atoms with E-state index in [1.165, 1.54) is 19.3 Å². The lowest BCUT2D eigenvalue weighted by Gasteiger charge is -2.35. The molecule has 0 saturated heterocycles. The van der Waals surface area contributed by atoms with Crippen LogP contribution in [0, 0.1) is 11.8 Å². The van der Waals surface area contributed by atoms with Crippen molar-refractivity contribution in [3.63, 3.8) is 0 Å². The second-order valence-corrected chi connectivity index (χ2v) is 6.97. The first kappa shape index (κ1) is 15.5. The average molecular weight is 254 g/mol. The molecule has 1 aliphatic carbocycles. The second kappa shape index (κ2) is 6.55. The third-order valence-electron chi connectivity index (χ3n) is 3.80. The molecule has 1 fully saturated rings. The molecule has 1 rings (SSSR count). The van der Waals surface area contributed by atoms with E-state index in [9.17, 15) is 4.79 Å². The van der Waals surface area contributed by atoms with Crippen molar-refractivity contribution in [2.24, 2.45) is 11.8 Å². The highest BCUT2D eigenvalue weighted by Crippen LogP contribution is 2.30. The largest absolute Gasteiger partial charge is 0.352 e. The minimum absolute atomic E-state index is 0.00134. The van der Waals surface area contributed by atoms with Crippen molar-refractivity contribution in [2.45, 2.75) is 71.9 Å². The molecule has 3 heteroatoms. The summed E-state index contributed by atoms with van der Waals surface area (Å²) in [7, 11) is 0. The summed E-state index contributed by atoms with van der Waals surface area (Å²) in [6.45, 7) is 11.2. The SMILES string of the molecule is CC(C)C1CCCCC1NC(=O)CNC(C)(C)C. The standard InChI is InChI=1S/C15H30N2O/c1-11(2)12-8-6-7-9-13(12)17-14(18)10-16-15(3,4)5/h11-13,16H,6-10H2,1-5H3,(H,17,18). The maximum atomic E-state index is 12.0. The topological polar surface area (TPSA) is 41.1 Å². The molecule has 2 atom stereocenters. The van der Waals surface area contributed by atoms with Crippen LogP contribution in [0.5, 0.6) is 0 Å². The highest BCUT2D eigenvalue weighted by molar-refractivity contribution is 5.78. The molecule has 0 spiro atoms. The minimum Gasteiger partial charge on any atom is -0.352 e. The summed E-state index contributed by atoms with van der Waals surface area (Å²) in [6.07, 6.45) is 4.97. The lowest BCUT2D eigenvalue weighted by molar-refractivity contribution is -0.122. The molecule has 2 N–H and O–H groups in total. The van der Waals surface area contributed by atoms with Gasteiger partial charge in [0.25, 0.3) is 0 Å². The van der Waals surface area contributed by atoms with E-state index in [2.05, 4.69) is 45.3 Å². The third-order valence-corrected chi connectivity index (χ3v) is 3.80. The van der Waals surface area contributed by atoms with Crippen LogP contribution in [0.2, 0.25) is 0 Å². The Labute approximate surface area is 112 Å². The van der Waals surface area contributed by atoms with Gasteiger partial charge < -0.3 is 10.6 Å². The predicted molar refractivity (Wildman–Crippen MR) is 76.5 cm³/mol. The summed E-state index contributed by atoms with van der Waals surface area (Å²) in [5.41, 5.74) is 0.00134. The first-order valence-corrected chi connectivity index (χ1v) is 7.34. The molecular formula is C15H30N2O. The van der Waals surface area contributed by atoms with Crippen LogP contribution in [-0.4, -0.2) is 24.0 Å². The number of nitrogens with one attached hydrogen (secondary N) is 2. The molecule has 1 saturated carbocycles. The zero-order valence-electron chi connectivity index (χ0n) is 12.7. The fraction of sp³-hybridized carbons (Fsp3) is 0.933. The van der Waals surface area contributed by atoms with Gasteiger partial charge in [-0.3, -0.25) is 4.79 Å². The van der Waals surface area contributed by atoms with Crippen LogP contribution in [0.25, 0.3) is 0 Å². The molecule has 18 heavy (non-hydrogen) atoms. The number of hydrogen-bond donors (Lipinski definition) is 2. The zero-order chi connectivity index (χ0) is 13.8. The smallest absolute Gasteiger partial charge is 0.234 e. The molecule has 0 aliphatic heterocycles. The second-order valence-electron chi connectivity index (χ2n) is 6.97. The number of carbonyl (C=O) groups excluding carboxylic acids is 1. The highest BCUT2D eigenvalue weighted by Gasteiger charge is 2.28. The van der Waals surface area contributed by atoms with Crippen molar-refractivity contribution in [3.8, 4) is 0 Å². The van der Waals surface area contributed by atoms with Crippen LogP contribution in [-0.2, 0) is 4.79 Å². The van der Waals surface area contributed by atoms with Gasteiger partial charge >= 0.3 is 0 Å². The van der Waals surface area contributed by atoms with Crippen LogP contribution < -0.4 is 10.6 Å². The number of carbonyl (C=O) groups is 1. The Hall–Kier alpha value is -0.570. The van der Waals surface area contributed by atoms with Crippen LogP contribution in [0.15, 0.2) is 0 Å². The monoisotopic (exact) mass is 254 g/mol. The van der Waals surface area contributed by atoms with E-state index in [0.29, 0.717) is 24.4 Å². The van der Waals surface area contributed by atoms with E-state index in [0.717, 1.165) is 6.42 Å². The van der Waals surface area contributed by atoms with E-state index in [4.69, 9.17) is 0 Å². The van der Waals surface area contributed by atoms with Gasteiger partial charge in [-0.25, -0.2) is 0 Å². The molecule has 0 aromatic rings. The Morgan fingerprint density at radius 2 is 1.83 bits per heavy atom. The third kappa shape index (κ3) is 5.38. The van der Waals surface area contributed by atoms with Crippen LogP contribution in [0.1, 0.15) is 60.3 Å². The average Bonchev–Trinajstić information content (AvgIpc) is 2.26. The number of rotatable bonds is 4. The first-order valence-electron chi connectivity index (χ1n) is 7.34. The van der Waals surface area contributed by atoms with Crippen molar-refractivity contribution in [1.82, 2.24) is 10.6 Å². The van der Waals surface area contributed by atoms with E-state index in [1.54, 1.807) is 0 Å². The van der Waals surface area contributed by atoms with Gasteiger partial charge in [-0.2, -0.15) is 0 Å². The van der Waals surface area contributed by atoms with Crippen molar-refractivity contribution in [3.05, 3.63) is 0 Å². The van der Waals surface area contributed by atoms with Crippen molar-refractivity contribution < 1.29 is 4.79 Å². The van der Waals surface area contributed by atoms with Crippen molar-refractivity contribution in [2.75, 3.05) is 6.54 Å². The van der Waals surface area contributed by atoms with Gasteiger partial charge in [0, 0.05) is 11.6 Å². The van der Waals surface area contributed by atoms with Gasteiger partial charge in [-0.1, -0.05) is 26.7 Å². The summed E-state index contributed by atoms with van der Waals surface area (Å²) in [5.74, 6) is 1.45. The minimum atomic E-state index is 0.00134. The molecule has 0 aromatic heterocycles. The van der Waals surface area contributed by atoms with E-state index in [-0.39, 0.29) is 11.4 Å². The Morgan fingerprint density at radius 1 is 1.22 bits per heavy atom. The zero-order valence-corrected chi connectivity index (χ0v) is 12.7. The molecule has 0 aromatic carbocycles. The Morgan fingerprint density at radius 3 is 2.39 bits per heavy atom. The van der Waals surface area contributed by atoms with Crippen molar-refractivity contribution in [1.29, 1.82) is 0 Å². The Kier molecular flexibility index (Phi) is 5.64. The van der Waals surface area contributed by atoms with Crippen LogP contribution >= 0.6 is 0 Å². The molecule has 1 amide bonds. The van der Waals surface area contributed by atoms with Gasteiger partial charge in [-0.15, -0.1) is 0 Å². The maximum absolute atomic E-state index is 12.0. The lowest BCUT2D eigenvalue weighted by atomic mass is 9.78. The number of hydrogen-bond acceptors (Lipinski definition) is 2. The fourth-order valence-electron chi connectivity index (χ4n) is 2.74.